The molecule has 180 valence electrons. The molecular weight excluding hydrogens is 438 g/mol. The molecule has 0 radical (unpaired) electrons. The van der Waals surface area contributed by atoms with Crippen LogP contribution in [0, 0.1) is 5.92 Å². The fourth-order valence-corrected chi connectivity index (χ4v) is 4.88. The maximum absolute atomic E-state index is 12.4. The average molecular weight is 470 g/mol. The number of benzene rings is 1. The number of imidazole rings is 1. The second-order valence-corrected chi connectivity index (χ2v) is 9.93. The van der Waals surface area contributed by atoms with Crippen molar-refractivity contribution in [2.75, 3.05) is 26.2 Å². The number of H-pyrrole nitrogens is 1. The molecule has 4 heterocycles. The molecule has 1 amide bonds. The van der Waals surface area contributed by atoms with Crippen LogP contribution in [0.2, 0.25) is 0 Å². The quantitative estimate of drug-likeness (QED) is 0.449. The van der Waals surface area contributed by atoms with Gasteiger partial charge in [-0.25, -0.2) is 4.98 Å². The number of amides is 1. The molecule has 8 heteroatoms. The summed E-state index contributed by atoms with van der Waals surface area (Å²) in [5, 5.41) is 4.50. The number of carbonyl (C=O) groups is 1. The summed E-state index contributed by atoms with van der Waals surface area (Å²) in [6.07, 6.45) is 7.71. The zero-order valence-electron chi connectivity index (χ0n) is 20.2. The molecule has 0 spiro atoms. The summed E-state index contributed by atoms with van der Waals surface area (Å²) >= 11 is 0. The molecule has 0 atom stereocenters. The molecule has 1 saturated heterocycles. The van der Waals surface area contributed by atoms with Gasteiger partial charge in [-0.1, -0.05) is 6.07 Å². The van der Waals surface area contributed by atoms with Crippen molar-refractivity contribution in [3.05, 3.63) is 65.9 Å². The van der Waals surface area contributed by atoms with Crippen molar-refractivity contribution >= 4 is 16.9 Å². The van der Waals surface area contributed by atoms with Crippen molar-refractivity contribution in [1.82, 2.24) is 34.5 Å². The topological polar surface area (TPSA) is 82.9 Å². The van der Waals surface area contributed by atoms with Crippen molar-refractivity contribution in [2.45, 2.75) is 32.2 Å². The number of hydrogen-bond donors (Lipinski definition) is 1. The van der Waals surface area contributed by atoms with Crippen LogP contribution in [0.15, 0.2) is 48.8 Å². The molecule has 0 bridgehead atoms. The van der Waals surface area contributed by atoms with Crippen LogP contribution in [0.4, 0.5) is 0 Å². The second kappa shape index (κ2) is 9.26. The largest absolute Gasteiger partial charge is 0.342 e. The number of fused-ring (bicyclic) bond motifs is 1. The normalized spacial score (nSPS) is 16.8. The van der Waals surface area contributed by atoms with Crippen LogP contribution in [0.25, 0.3) is 22.3 Å². The van der Waals surface area contributed by atoms with Gasteiger partial charge in [0.15, 0.2) is 0 Å². The Bertz CT molecular complexity index is 1340. The van der Waals surface area contributed by atoms with Crippen LogP contribution in [0.3, 0.4) is 0 Å². The van der Waals surface area contributed by atoms with Gasteiger partial charge in [0.25, 0.3) is 0 Å². The smallest absolute Gasteiger partial charge is 0.222 e. The van der Waals surface area contributed by atoms with E-state index >= 15 is 0 Å². The highest BCUT2D eigenvalue weighted by molar-refractivity contribution is 5.81. The van der Waals surface area contributed by atoms with E-state index in [1.54, 1.807) is 0 Å². The van der Waals surface area contributed by atoms with Crippen LogP contribution in [-0.2, 0) is 24.8 Å². The lowest BCUT2D eigenvalue weighted by Crippen LogP contribution is -2.48. The van der Waals surface area contributed by atoms with E-state index in [-0.39, 0.29) is 0 Å². The van der Waals surface area contributed by atoms with Gasteiger partial charge in [0.1, 0.15) is 5.82 Å². The molecule has 6 rings (SSSR count). The molecule has 4 aromatic rings. The SMILES string of the molecule is Cn1ccc(-c2ccc3nc(Cc4cc(CN5CCN(C(=O)CC6CC6)CC5)ccn4)[nH]c3c2)n1. The maximum Gasteiger partial charge on any atom is 0.222 e. The molecule has 1 aliphatic heterocycles. The number of aryl methyl sites for hydroxylation is 1. The first kappa shape index (κ1) is 22.0. The van der Waals surface area contributed by atoms with Gasteiger partial charge in [0.2, 0.25) is 5.91 Å². The minimum atomic E-state index is 0.344. The summed E-state index contributed by atoms with van der Waals surface area (Å²) in [6.45, 7) is 4.41. The van der Waals surface area contributed by atoms with Crippen molar-refractivity contribution in [3.63, 3.8) is 0 Å². The van der Waals surface area contributed by atoms with E-state index in [2.05, 4.69) is 44.2 Å². The van der Waals surface area contributed by atoms with Gasteiger partial charge in [-0.2, -0.15) is 5.10 Å². The highest BCUT2D eigenvalue weighted by Gasteiger charge is 2.28. The fourth-order valence-electron chi connectivity index (χ4n) is 4.88. The first-order valence-corrected chi connectivity index (χ1v) is 12.5. The van der Waals surface area contributed by atoms with E-state index in [0.29, 0.717) is 18.2 Å². The molecule has 1 aliphatic carbocycles. The van der Waals surface area contributed by atoms with Crippen LogP contribution >= 0.6 is 0 Å². The minimum absolute atomic E-state index is 0.344. The number of piperazine rings is 1. The third-order valence-electron chi connectivity index (χ3n) is 7.06. The van der Waals surface area contributed by atoms with E-state index < -0.39 is 0 Å². The zero-order chi connectivity index (χ0) is 23.8. The first-order valence-electron chi connectivity index (χ1n) is 12.5. The van der Waals surface area contributed by atoms with Gasteiger partial charge >= 0.3 is 0 Å². The summed E-state index contributed by atoms with van der Waals surface area (Å²) in [6, 6.07) is 12.5. The van der Waals surface area contributed by atoms with Crippen LogP contribution in [-0.4, -0.2) is 66.6 Å². The van der Waals surface area contributed by atoms with E-state index in [1.165, 1.54) is 18.4 Å². The molecule has 2 aliphatic rings. The van der Waals surface area contributed by atoms with Crippen LogP contribution in [0.5, 0.6) is 0 Å². The Morgan fingerprint density at radius 2 is 1.94 bits per heavy atom. The monoisotopic (exact) mass is 469 g/mol. The highest BCUT2D eigenvalue weighted by Crippen LogP contribution is 2.33. The van der Waals surface area contributed by atoms with E-state index in [4.69, 9.17) is 4.98 Å². The predicted octanol–water partition coefficient (Wildman–Crippen LogP) is 3.39. The number of nitrogens with one attached hydrogen (secondary N) is 1. The summed E-state index contributed by atoms with van der Waals surface area (Å²) in [5.74, 6) is 1.91. The van der Waals surface area contributed by atoms with Crippen LogP contribution in [0.1, 0.15) is 36.3 Å². The number of carbonyl (C=O) groups excluding carboxylic acids is 1. The van der Waals surface area contributed by atoms with E-state index in [0.717, 1.165) is 73.0 Å². The Hall–Kier alpha value is -3.52. The Morgan fingerprint density at radius 3 is 2.71 bits per heavy atom. The minimum Gasteiger partial charge on any atom is -0.342 e. The Morgan fingerprint density at radius 1 is 1.09 bits per heavy atom. The lowest BCUT2D eigenvalue weighted by Gasteiger charge is -2.35. The Kier molecular flexibility index (Phi) is 5.82. The fraction of sp³-hybridized carbons (Fsp3) is 0.407. The van der Waals surface area contributed by atoms with Crippen molar-refractivity contribution in [1.29, 1.82) is 0 Å². The van der Waals surface area contributed by atoms with Crippen molar-refractivity contribution in [2.24, 2.45) is 13.0 Å². The third kappa shape index (κ3) is 5.12. The van der Waals surface area contributed by atoms with Gasteiger partial charge < -0.3 is 9.88 Å². The molecule has 1 N–H and O–H groups in total. The zero-order valence-corrected chi connectivity index (χ0v) is 20.2. The molecule has 1 saturated carbocycles. The third-order valence-corrected chi connectivity index (χ3v) is 7.06. The number of rotatable bonds is 7. The van der Waals surface area contributed by atoms with Gasteiger partial charge in [0, 0.05) is 76.3 Å². The highest BCUT2D eigenvalue weighted by atomic mass is 16.2. The van der Waals surface area contributed by atoms with E-state index in [9.17, 15) is 4.79 Å². The lowest BCUT2D eigenvalue weighted by molar-refractivity contribution is -0.133. The maximum atomic E-state index is 12.4. The lowest BCUT2D eigenvalue weighted by atomic mass is 10.1. The first-order chi connectivity index (χ1) is 17.1. The number of nitrogens with zero attached hydrogens (tertiary/aromatic N) is 6. The van der Waals surface area contributed by atoms with Gasteiger partial charge in [-0.15, -0.1) is 0 Å². The number of hydrogen-bond acceptors (Lipinski definition) is 5. The summed E-state index contributed by atoms with van der Waals surface area (Å²) in [4.78, 5) is 29.7. The van der Waals surface area contributed by atoms with Gasteiger partial charge in [-0.05, 0) is 54.7 Å². The number of aromatic nitrogens is 5. The van der Waals surface area contributed by atoms with Crippen molar-refractivity contribution in [3.8, 4) is 11.3 Å². The number of pyridine rings is 1. The standard InChI is InChI=1S/C27H31N7O/c1-32-9-7-23(31-32)21-4-5-24-25(16-21)30-26(29-24)17-22-14-20(6-8-28-22)18-33-10-12-34(13-11-33)27(35)15-19-2-3-19/h4-9,14,16,19H,2-3,10-13,15,17-18H2,1H3,(H,29,30). The molecule has 8 nitrogen and oxygen atoms in total. The molecule has 0 unspecified atom stereocenters. The van der Waals surface area contributed by atoms with Gasteiger partial charge in [-0.3, -0.25) is 19.4 Å². The van der Waals surface area contributed by atoms with E-state index in [1.807, 2.05) is 41.2 Å². The average Bonchev–Trinajstić information content (AvgIpc) is 3.41. The Labute approximate surface area is 205 Å². The molecule has 2 fully saturated rings. The van der Waals surface area contributed by atoms with Gasteiger partial charge in [0.05, 0.1) is 16.7 Å². The molecule has 35 heavy (non-hydrogen) atoms. The summed E-state index contributed by atoms with van der Waals surface area (Å²) < 4.78 is 1.81. The summed E-state index contributed by atoms with van der Waals surface area (Å²) in [7, 11) is 1.92. The Balaban J connectivity index is 1.08. The number of aromatic amines is 1. The molecule has 1 aromatic carbocycles. The predicted molar refractivity (Wildman–Crippen MR) is 135 cm³/mol. The molecule has 3 aromatic heterocycles. The van der Waals surface area contributed by atoms with Crippen molar-refractivity contribution < 1.29 is 4.79 Å². The second-order valence-electron chi connectivity index (χ2n) is 9.93. The summed E-state index contributed by atoms with van der Waals surface area (Å²) in [5.41, 5.74) is 6.24. The molecular formula is C27H31N7O. The van der Waals surface area contributed by atoms with Crippen LogP contribution < -0.4 is 0 Å².